The zero-order chi connectivity index (χ0) is 8.72. The van der Waals surface area contributed by atoms with Crippen LogP contribution in [0, 0.1) is 5.82 Å². The van der Waals surface area contributed by atoms with Crippen molar-refractivity contribution in [2.24, 2.45) is 0 Å². The average Bonchev–Trinajstić information content (AvgIpc) is 2.29. The van der Waals surface area contributed by atoms with Gasteiger partial charge in [-0.05, 0) is 44.0 Å². The minimum Gasteiger partial charge on any atom is -0.228 e. The molecular formula is C7H2Br2FNS. The molecule has 0 saturated carbocycles. The molecule has 0 aliphatic heterocycles. The quantitative estimate of drug-likeness (QED) is 0.718. The highest BCUT2D eigenvalue weighted by atomic mass is 79.9. The summed E-state index contributed by atoms with van der Waals surface area (Å²) in [7, 11) is 0. The van der Waals surface area contributed by atoms with Crippen LogP contribution in [0.2, 0.25) is 0 Å². The summed E-state index contributed by atoms with van der Waals surface area (Å²) in [5.74, 6) is -0.245. The van der Waals surface area contributed by atoms with E-state index < -0.39 is 0 Å². The fourth-order valence-corrected chi connectivity index (χ4v) is 3.02. The molecule has 12 heavy (non-hydrogen) atoms. The molecule has 0 unspecified atom stereocenters. The molecule has 0 aliphatic carbocycles. The fraction of sp³-hybridized carbons (Fsp3) is 0. The van der Waals surface area contributed by atoms with E-state index in [1.54, 1.807) is 0 Å². The van der Waals surface area contributed by atoms with E-state index in [9.17, 15) is 4.39 Å². The second-order valence-corrected chi connectivity index (χ2v) is 5.36. The van der Waals surface area contributed by atoms with Gasteiger partial charge in [0.15, 0.2) is 3.92 Å². The number of halogens is 3. The highest BCUT2D eigenvalue weighted by Gasteiger charge is 2.06. The van der Waals surface area contributed by atoms with Crippen LogP contribution >= 0.6 is 43.2 Å². The maximum absolute atomic E-state index is 12.8. The van der Waals surface area contributed by atoms with Crippen molar-refractivity contribution in [3.05, 3.63) is 26.3 Å². The molecule has 1 heterocycles. The molecule has 1 nitrogen and oxygen atoms in total. The fourth-order valence-electron chi connectivity index (χ4n) is 0.930. The minimum atomic E-state index is -0.245. The van der Waals surface area contributed by atoms with Crippen molar-refractivity contribution >= 4 is 53.4 Å². The van der Waals surface area contributed by atoms with Gasteiger partial charge in [0.2, 0.25) is 0 Å². The molecule has 0 amide bonds. The van der Waals surface area contributed by atoms with E-state index in [4.69, 9.17) is 0 Å². The lowest BCUT2D eigenvalue weighted by Crippen LogP contribution is -1.75. The van der Waals surface area contributed by atoms with Gasteiger partial charge in [-0.25, -0.2) is 9.37 Å². The Labute approximate surface area is 88.9 Å². The Morgan fingerprint density at radius 1 is 1.33 bits per heavy atom. The summed E-state index contributed by atoms with van der Waals surface area (Å²) < 4.78 is 15.1. The molecule has 1 aromatic heterocycles. The predicted octanol–water partition coefficient (Wildman–Crippen LogP) is 3.96. The van der Waals surface area contributed by atoms with Crippen LogP contribution < -0.4 is 0 Å². The van der Waals surface area contributed by atoms with Gasteiger partial charge in [0.1, 0.15) is 5.82 Å². The Morgan fingerprint density at radius 2 is 2.08 bits per heavy atom. The third-order valence-corrected chi connectivity index (χ3v) is 3.45. The summed E-state index contributed by atoms with van der Waals surface area (Å²) in [5.41, 5.74) is 0.799. The molecule has 0 radical (unpaired) electrons. The highest BCUT2D eigenvalue weighted by Crippen LogP contribution is 2.31. The molecule has 0 aliphatic rings. The van der Waals surface area contributed by atoms with Gasteiger partial charge < -0.3 is 0 Å². The first-order valence-corrected chi connectivity index (χ1v) is 5.48. The number of rotatable bonds is 0. The first-order chi connectivity index (χ1) is 5.66. The van der Waals surface area contributed by atoms with Gasteiger partial charge >= 0.3 is 0 Å². The van der Waals surface area contributed by atoms with E-state index in [0.717, 1.165) is 14.1 Å². The monoisotopic (exact) mass is 309 g/mol. The normalized spacial score (nSPS) is 10.9. The molecular weight excluding hydrogens is 309 g/mol. The zero-order valence-electron chi connectivity index (χ0n) is 5.64. The van der Waals surface area contributed by atoms with Crippen molar-refractivity contribution in [3.63, 3.8) is 0 Å². The minimum absolute atomic E-state index is 0.245. The van der Waals surface area contributed by atoms with Gasteiger partial charge in [0.25, 0.3) is 0 Å². The molecule has 2 rings (SSSR count). The van der Waals surface area contributed by atoms with Crippen LogP contribution in [0.15, 0.2) is 20.5 Å². The smallest absolute Gasteiger partial charge is 0.160 e. The molecule has 0 spiro atoms. The largest absolute Gasteiger partial charge is 0.228 e. The second kappa shape index (κ2) is 3.05. The van der Waals surface area contributed by atoms with Crippen molar-refractivity contribution < 1.29 is 4.39 Å². The lowest BCUT2D eigenvalue weighted by molar-refractivity contribution is 0.629. The van der Waals surface area contributed by atoms with E-state index in [0.29, 0.717) is 4.47 Å². The van der Waals surface area contributed by atoms with Gasteiger partial charge in [-0.1, -0.05) is 0 Å². The number of hydrogen-bond donors (Lipinski definition) is 0. The first kappa shape index (κ1) is 8.59. The summed E-state index contributed by atoms with van der Waals surface area (Å²) in [6.07, 6.45) is 0. The van der Waals surface area contributed by atoms with E-state index in [1.165, 1.54) is 23.5 Å². The van der Waals surface area contributed by atoms with Gasteiger partial charge in [-0.15, -0.1) is 11.3 Å². The summed E-state index contributed by atoms with van der Waals surface area (Å²) in [6, 6.07) is 2.89. The summed E-state index contributed by atoms with van der Waals surface area (Å²) >= 11 is 7.91. The average molecular weight is 311 g/mol. The van der Waals surface area contributed by atoms with Crippen molar-refractivity contribution in [1.82, 2.24) is 4.98 Å². The Balaban J connectivity index is 2.88. The van der Waals surface area contributed by atoms with Crippen molar-refractivity contribution in [1.29, 1.82) is 0 Å². The van der Waals surface area contributed by atoms with Gasteiger partial charge in [0, 0.05) is 4.47 Å². The summed E-state index contributed by atoms with van der Waals surface area (Å²) in [4.78, 5) is 4.18. The second-order valence-electron chi connectivity index (χ2n) is 2.20. The van der Waals surface area contributed by atoms with Gasteiger partial charge in [0.05, 0.1) is 10.2 Å². The molecule has 5 heteroatoms. The van der Waals surface area contributed by atoms with E-state index in [1.807, 2.05) is 0 Å². The van der Waals surface area contributed by atoms with Gasteiger partial charge in [-0.2, -0.15) is 0 Å². The van der Waals surface area contributed by atoms with Crippen LogP contribution in [0.3, 0.4) is 0 Å². The van der Waals surface area contributed by atoms with Crippen molar-refractivity contribution in [2.45, 2.75) is 0 Å². The Bertz CT molecular complexity index is 440. The number of fused-ring (bicyclic) bond motifs is 1. The number of nitrogens with zero attached hydrogens (tertiary/aromatic N) is 1. The van der Waals surface area contributed by atoms with E-state index >= 15 is 0 Å². The Hall–Kier alpha value is -0.000000000000000111. The van der Waals surface area contributed by atoms with E-state index in [2.05, 4.69) is 36.8 Å². The third-order valence-electron chi connectivity index (χ3n) is 1.39. The van der Waals surface area contributed by atoms with Crippen LogP contribution in [0.4, 0.5) is 4.39 Å². The van der Waals surface area contributed by atoms with Crippen molar-refractivity contribution in [3.8, 4) is 0 Å². The number of thiazole rings is 1. The number of benzene rings is 1. The van der Waals surface area contributed by atoms with E-state index in [-0.39, 0.29) is 5.82 Å². The maximum Gasteiger partial charge on any atom is 0.160 e. The van der Waals surface area contributed by atoms with Gasteiger partial charge in [-0.3, -0.25) is 0 Å². The summed E-state index contributed by atoms with van der Waals surface area (Å²) in [5, 5.41) is 0. The third kappa shape index (κ3) is 1.41. The standard InChI is InChI=1S/C7H2Br2FNS/c8-4-1-3(10)2-5-6(4)11-7(9)12-5/h1-2H. The molecule has 62 valence electrons. The molecule has 0 atom stereocenters. The molecule has 2 aromatic rings. The highest BCUT2D eigenvalue weighted by molar-refractivity contribution is 9.11. The molecule has 0 bridgehead atoms. The Morgan fingerprint density at radius 3 is 2.83 bits per heavy atom. The molecule has 0 fully saturated rings. The van der Waals surface area contributed by atoms with Crippen molar-refractivity contribution in [2.75, 3.05) is 0 Å². The van der Waals surface area contributed by atoms with Crippen LogP contribution in [0.1, 0.15) is 0 Å². The lowest BCUT2D eigenvalue weighted by atomic mass is 10.3. The van der Waals surface area contributed by atoms with Crippen LogP contribution in [-0.2, 0) is 0 Å². The van der Waals surface area contributed by atoms with Crippen LogP contribution in [0.5, 0.6) is 0 Å². The topological polar surface area (TPSA) is 12.9 Å². The summed E-state index contributed by atoms with van der Waals surface area (Å²) in [6.45, 7) is 0. The molecule has 0 saturated heterocycles. The SMILES string of the molecule is Fc1cc(Br)c2nc(Br)sc2c1. The van der Waals surface area contributed by atoms with Crippen LogP contribution in [0.25, 0.3) is 10.2 Å². The molecule has 1 aromatic carbocycles. The van der Waals surface area contributed by atoms with Crippen LogP contribution in [-0.4, -0.2) is 4.98 Å². The molecule has 0 N–H and O–H groups in total. The zero-order valence-corrected chi connectivity index (χ0v) is 9.63. The maximum atomic E-state index is 12.8. The number of aromatic nitrogens is 1. The lowest BCUT2D eigenvalue weighted by Gasteiger charge is -1.91. The number of hydrogen-bond acceptors (Lipinski definition) is 2. The Kier molecular flexibility index (Phi) is 2.18. The first-order valence-electron chi connectivity index (χ1n) is 3.08. The predicted molar refractivity (Wildman–Crippen MR) is 55.0 cm³/mol.